The molecule has 0 atom stereocenters. The Labute approximate surface area is 81.0 Å². The lowest BCUT2D eigenvalue weighted by atomic mass is 9.98. The number of aromatic nitrogens is 2. The van der Waals surface area contributed by atoms with Crippen LogP contribution < -0.4 is 5.43 Å². The summed E-state index contributed by atoms with van der Waals surface area (Å²) in [5.41, 5.74) is 4.00. The van der Waals surface area contributed by atoms with E-state index in [1.54, 1.807) is 0 Å². The smallest absolute Gasteiger partial charge is 0.168 e. The van der Waals surface area contributed by atoms with E-state index in [1.807, 2.05) is 0 Å². The van der Waals surface area contributed by atoms with Crippen molar-refractivity contribution in [2.24, 2.45) is 5.10 Å². The van der Waals surface area contributed by atoms with Crippen molar-refractivity contribution in [2.75, 3.05) is 5.43 Å². The zero-order valence-corrected chi connectivity index (χ0v) is 7.75. The largest absolute Gasteiger partial charge is 0.260 e. The number of nitrogens with zero attached hydrogens (tertiary/aromatic N) is 3. The Morgan fingerprint density at radius 1 is 1.46 bits per heavy atom. The van der Waals surface area contributed by atoms with Crippen molar-refractivity contribution in [3.63, 3.8) is 0 Å². The molecule has 1 aliphatic rings. The van der Waals surface area contributed by atoms with Crippen LogP contribution in [0.5, 0.6) is 0 Å². The first-order chi connectivity index (χ1) is 6.36. The molecule has 1 fully saturated rings. The van der Waals surface area contributed by atoms with Crippen LogP contribution in [0.3, 0.4) is 0 Å². The molecule has 1 aromatic heterocycles. The van der Waals surface area contributed by atoms with Gasteiger partial charge in [0.25, 0.3) is 0 Å². The van der Waals surface area contributed by atoms with Crippen LogP contribution in [0.15, 0.2) is 17.6 Å². The summed E-state index contributed by atoms with van der Waals surface area (Å²) in [5, 5.41) is 4.64. The van der Waals surface area contributed by atoms with Gasteiger partial charge in [0.1, 0.15) is 11.3 Å². The molecule has 4 nitrogen and oxygen atoms in total. The monoisotopic (exact) mass is 196 g/mol. The van der Waals surface area contributed by atoms with Crippen LogP contribution in [0.25, 0.3) is 0 Å². The van der Waals surface area contributed by atoms with E-state index in [0.717, 1.165) is 12.8 Å². The average molecular weight is 197 g/mol. The van der Waals surface area contributed by atoms with Gasteiger partial charge in [-0.05, 0) is 19.3 Å². The zero-order chi connectivity index (χ0) is 9.10. The molecule has 1 saturated carbocycles. The molecule has 0 amide bonds. The van der Waals surface area contributed by atoms with Gasteiger partial charge in [0.2, 0.25) is 0 Å². The molecule has 5 heteroatoms. The first-order valence-corrected chi connectivity index (χ1v) is 4.51. The Hall–Kier alpha value is -1.16. The van der Waals surface area contributed by atoms with Crippen LogP contribution in [0, 0.1) is 0 Å². The van der Waals surface area contributed by atoms with Gasteiger partial charge in [0.15, 0.2) is 5.82 Å². The SMILES string of the molecule is Clc1cncnc1NN=C1CCC1. The van der Waals surface area contributed by atoms with E-state index in [9.17, 15) is 0 Å². The van der Waals surface area contributed by atoms with Crippen molar-refractivity contribution >= 4 is 23.1 Å². The molecule has 1 aromatic rings. The van der Waals surface area contributed by atoms with Gasteiger partial charge in [0.05, 0.1) is 6.20 Å². The van der Waals surface area contributed by atoms with E-state index < -0.39 is 0 Å². The van der Waals surface area contributed by atoms with E-state index >= 15 is 0 Å². The highest BCUT2D eigenvalue weighted by molar-refractivity contribution is 6.32. The topological polar surface area (TPSA) is 50.2 Å². The molecular weight excluding hydrogens is 188 g/mol. The quantitative estimate of drug-likeness (QED) is 0.737. The summed E-state index contributed by atoms with van der Waals surface area (Å²) in [5.74, 6) is 0.566. The van der Waals surface area contributed by atoms with Gasteiger partial charge in [-0.1, -0.05) is 11.6 Å². The van der Waals surface area contributed by atoms with Crippen molar-refractivity contribution in [1.82, 2.24) is 9.97 Å². The van der Waals surface area contributed by atoms with Crippen molar-refractivity contribution in [3.05, 3.63) is 17.5 Å². The summed E-state index contributed by atoms with van der Waals surface area (Å²) in [6.07, 6.45) is 6.37. The molecule has 13 heavy (non-hydrogen) atoms. The van der Waals surface area contributed by atoms with Gasteiger partial charge in [-0.15, -0.1) is 0 Å². The minimum Gasteiger partial charge on any atom is -0.260 e. The minimum absolute atomic E-state index is 0.492. The van der Waals surface area contributed by atoms with Crippen LogP contribution in [0.2, 0.25) is 5.02 Å². The third kappa shape index (κ3) is 1.95. The fourth-order valence-electron chi connectivity index (χ4n) is 0.974. The number of hydrazone groups is 1. The Bertz CT molecular complexity index is 331. The van der Waals surface area contributed by atoms with Crippen LogP contribution >= 0.6 is 11.6 Å². The van der Waals surface area contributed by atoms with E-state index in [0.29, 0.717) is 10.8 Å². The van der Waals surface area contributed by atoms with Crippen LogP contribution in [0.1, 0.15) is 19.3 Å². The summed E-state index contributed by atoms with van der Waals surface area (Å²) in [6.45, 7) is 0. The maximum atomic E-state index is 5.81. The predicted octanol–water partition coefficient (Wildman–Crippen LogP) is 2.08. The fourth-order valence-corrected chi connectivity index (χ4v) is 1.12. The maximum absolute atomic E-state index is 5.81. The Morgan fingerprint density at radius 3 is 2.92 bits per heavy atom. The molecule has 2 rings (SSSR count). The van der Waals surface area contributed by atoms with Gasteiger partial charge in [-0.3, -0.25) is 5.43 Å². The molecule has 0 saturated heterocycles. The number of halogens is 1. The number of nitrogens with one attached hydrogen (secondary N) is 1. The van der Waals surface area contributed by atoms with Crippen molar-refractivity contribution in [3.8, 4) is 0 Å². The molecule has 0 aliphatic heterocycles. The highest BCUT2D eigenvalue weighted by Crippen LogP contribution is 2.18. The molecule has 68 valence electrons. The normalized spacial score (nSPS) is 15.0. The van der Waals surface area contributed by atoms with Crippen molar-refractivity contribution in [1.29, 1.82) is 0 Å². The molecule has 0 unspecified atom stereocenters. The highest BCUT2D eigenvalue weighted by atomic mass is 35.5. The standard InChI is InChI=1S/C8H9ClN4/c9-7-4-10-5-11-8(7)13-12-6-2-1-3-6/h4-5H,1-3H2,(H,10,11,13). The lowest BCUT2D eigenvalue weighted by Gasteiger charge is -2.14. The molecule has 1 aliphatic carbocycles. The lowest BCUT2D eigenvalue weighted by Crippen LogP contribution is -2.12. The average Bonchev–Trinajstić information content (AvgIpc) is 2.05. The molecule has 1 N–H and O–H groups in total. The summed E-state index contributed by atoms with van der Waals surface area (Å²) in [6, 6.07) is 0. The maximum Gasteiger partial charge on any atom is 0.168 e. The van der Waals surface area contributed by atoms with Gasteiger partial charge in [-0.2, -0.15) is 5.10 Å². The van der Waals surface area contributed by atoms with E-state index in [-0.39, 0.29) is 0 Å². The van der Waals surface area contributed by atoms with Crippen LogP contribution in [-0.2, 0) is 0 Å². The molecule has 1 heterocycles. The Balaban J connectivity index is 2.05. The fraction of sp³-hybridized carbons (Fsp3) is 0.375. The second-order valence-corrected chi connectivity index (χ2v) is 3.27. The predicted molar refractivity (Wildman–Crippen MR) is 52.0 cm³/mol. The van der Waals surface area contributed by atoms with Gasteiger partial charge >= 0.3 is 0 Å². The summed E-state index contributed by atoms with van der Waals surface area (Å²) in [4.78, 5) is 7.72. The number of hydrogen-bond donors (Lipinski definition) is 1. The van der Waals surface area contributed by atoms with E-state index in [2.05, 4.69) is 20.5 Å². The van der Waals surface area contributed by atoms with Crippen LogP contribution in [0.4, 0.5) is 5.82 Å². The minimum atomic E-state index is 0.492. The summed E-state index contributed by atoms with van der Waals surface area (Å²) >= 11 is 5.81. The second kappa shape index (κ2) is 3.70. The Kier molecular flexibility index (Phi) is 2.40. The molecule has 0 radical (unpaired) electrons. The van der Waals surface area contributed by atoms with Gasteiger partial charge < -0.3 is 0 Å². The summed E-state index contributed by atoms with van der Waals surface area (Å²) in [7, 11) is 0. The first kappa shape index (κ1) is 8.44. The van der Waals surface area contributed by atoms with Gasteiger partial charge in [0, 0.05) is 5.71 Å². The number of hydrogen-bond acceptors (Lipinski definition) is 4. The number of anilines is 1. The molecule has 0 aromatic carbocycles. The van der Waals surface area contributed by atoms with Crippen molar-refractivity contribution < 1.29 is 0 Å². The third-order valence-electron chi connectivity index (χ3n) is 1.92. The lowest BCUT2D eigenvalue weighted by molar-refractivity contribution is 0.797. The molecular formula is C8H9ClN4. The van der Waals surface area contributed by atoms with E-state index in [1.165, 1.54) is 24.7 Å². The van der Waals surface area contributed by atoms with Crippen LogP contribution in [-0.4, -0.2) is 15.7 Å². The highest BCUT2D eigenvalue weighted by Gasteiger charge is 2.10. The Morgan fingerprint density at radius 2 is 2.31 bits per heavy atom. The first-order valence-electron chi connectivity index (χ1n) is 4.13. The van der Waals surface area contributed by atoms with Crippen molar-refractivity contribution in [2.45, 2.75) is 19.3 Å². The third-order valence-corrected chi connectivity index (χ3v) is 2.19. The van der Waals surface area contributed by atoms with E-state index in [4.69, 9.17) is 11.6 Å². The molecule has 0 bridgehead atoms. The second-order valence-electron chi connectivity index (χ2n) is 2.86. The summed E-state index contributed by atoms with van der Waals surface area (Å²) < 4.78 is 0. The number of rotatable bonds is 2. The zero-order valence-electron chi connectivity index (χ0n) is 7.00. The van der Waals surface area contributed by atoms with Gasteiger partial charge in [-0.25, -0.2) is 9.97 Å². The molecule has 0 spiro atoms.